The van der Waals surface area contributed by atoms with E-state index in [4.69, 9.17) is 15.2 Å². The van der Waals surface area contributed by atoms with E-state index in [1.165, 1.54) is 17.0 Å². The summed E-state index contributed by atoms with van der Waals surface area (Å²) in [5, 5.41) is 49.4. The Balaban J connectivity index is 1.27. The lowest BCUT2D eigenvalue weighted by molar-refractivity contribution is -0.167. The summed E-state index contributed by atoms with van der Waals surface area (Å²) in [5.74, 6) is -7.59. The second-order valence-corrected chi connectivity index (χ2v) is 13.7. The van der Waals surface area contributed by atoms with Gasteiger partial charge in [0.25, 0.3) is 5.91 Å². The van der Waals surface area contributed by atoms with Crippen LogP contribution in [0.4, 0.5) is 22.7 Å². The first-order chi connectivity index (χ1) is 24.6. The molecule has 0 spiro atoms. The Morgan fingerprint density at radius 3 is 2.56 bits per heavy atom. The first-order valence-corrected chi connectivity index (χ1v) is 17.1. The van der Waals surface area contributed by atoms with E-state index in [9.17, 15) is 46.6 Å². The number of nitrogens with one attached hydrogen (secondary N) is 2. The Morgan fingerprint density at radius 2 is 1.90 bits per heavy atom. The molecule has 3 amide bonds. The summed E-state index contributed by atoms with van der Waals surface area (Å²) in [5.41, 5.74) is -2.70. The lowest BCUT2D eigenvalue weighted by atomic mass is 9.89. The van der Waals surface area contributed by atoms with E-state index >= 15 is 0 Å². The Labute approximate surface area is 299 Å². The molecule has 0 bridgehead atoms. The zero-order chi connectivity index (χ0) is 37.8. The van der Waals surface area contributed by atoms with Crippen molar-refractivity contribution in [2.75, 3.05) is 23.4 Å². The highest BCUT2D eigenvalue weighted by Gasteiger charge is 2.57. The van der Waals surface area contributed by atoms with Crippen LogP contribution < -0.4 is 10.6 Å². The van der Waals surface area contributed by atoms with Crippen LogP contribution in [-0.4, -0.2) is 122 Å². The number of oxime groups is 2. The number of amides is 3. The number of tetrazole rings is 1. The summed E-state index contributed by atoms with van der Waals surface area (Å²) in [4.78, 5) is 72.1. The minimum atomic E-state index is -5.22. The number of carbonyl (C=O) groups excluding carboxylic acids is 3. The summed E-state index contributed by atoms with van der Waals surface area (Å²) in [7, 11) is 0. The monoisotopic (exact) mass is 790 g/mol. The lowest BCUT2D eigenvalue weighted by Gasteiger charge is -2.53. The van der Waals surface area contributed by atoms with Crippen LogP contribution in [0.15, 0.2) is 45.1 Å². The summed E-state index contributed by atoms with van der Waals surface area (Å²) in [6, 6.07) is 3.85. The third-order valence-electron chi connectivity index (χ3n) is 7.27. The number of alkyl halides is 3. The number of nitrogens with zero attached hydrogens (tertiary/aromatic N) is 8. The van der Waals surface area contributed by atoms with Gasteiger partial charge in [-0.05, 0) is 28.1 Å². The number of carboxylic acids is 2. The van der Waals surface area contributed by atoms with Gasteiger partial charge in [-0.2, -0.15) is 13.2 Å². The molecule has 0 aliphatic carbocycles. The maximum absolute atomic E-state index is 13.5. The van der Waals surface area contributed by atoms with Gasteiger partial charge in [0, 0.05) is 23.4 Å². The number of carboxylic acid groups (broad SMARTS) is 2. The van der Waals surface area contributed by atoms with Crippen molar-refractivity contribution in [2.45, 2.75) is 35.9 Å². The van der Waals surface area contributed by atoms with Crippen molar-refractivity contribution < 1.29 is 61.8 Å². The summed E-state index contributed by atoms with van der Waals surface area (Å²) in [6.45, 7) is -1.10. The van der Waals surface area contributed by atoms with Gasteiger partial charge in [-0.1, -0.05) is 34.2 Å². The Morgan fingerprint density at radius 1 is 1.17 bits per heavy atom. The molecule has 52 heavy (non-hydrogen) atoms. The van der Waals surface area contributed by atoms with Gasteiger partial charge in [0.15, 0.2) is 16.6 Å². The van der Waals surface area contributed by atoms with Gasteiger partial charge < -0.3 is 30.5 Å². The molecule has 2 unspecified atom stereocenters. The molecule has 19 nitrogen and oxygen atoms in total. The zero-order valence-electron chi connectivity index (χ0n) is 25.7. The molecular weight excluding hydrogens is 769 g/mol. The maximum atomic E-state index is 13.5. The molecule has 2 aliphatic rings. The van der Waals surface area contributed by atoms with Crippen molar-refractivity contribution in [1.82, 2.24) is 35.4 Å². The number of benzene rings is 1. The zero-order valence-corrected chi connectivity index (χ0v) is 28.1. The first kappa shape index (κ1) is 37.9. The standard InChI is InChI=1S/C26H22F4N10O9S3/c27-12-3-1-11(2-4-12)6-49-36-15(14-7-50-23(31-14)33-21(45)26(28,29)30)17(41)32-16-18(42)39-8-25(22(46)47,9-51-19(16)39)10-52-24-34-37-38-40(24)5-13(35-48)20(43)44/h1-4,7,16,19,48H,5-6,8-10H2,(H,32,41)(H,43,44)(H,46,47)(H,31,33,45)/t16?,19-,25?/m1/s1. The van der Waals surface area contributed by atoms with Crippen LogP contribution in [-0.2, 0) is 42.0 Å². The summed E-state index contributed by atoms with van der Waals surface area (Å²) in [6.07, 6.45) is -5.22. The fraction of sp³-hybridized carbons (Fsp3) is 0.346. The van der Waals surface area contributed by atoms with Gasteiger partial charge in [-0.15, -0.1) is 28.2 Å². The molecule has 2 aromatic heterocycles. The molecule has 2 fully saturated rings. The SMILES string of the molecule is O=C(O)C(Cn1nnnc1SCC1(C(=O)O)CS[C@@H]2C(NC(=O)C(=NOCc3ccc(F)cc3)c3csc(NC(=O)C(F)(F)F)n3)C(=O)N2C1)=NO. The number of halogens is 4. The van der Waals surface area contributed by atoms with E-state index in [0.29, 0.717) is 16.9 Å². The average molecular weight is 791 g/mol. The maximum Gasteiger partial charge on any atom is 0.471 e. The molecule has 0 radical (unpaired) electrons. The summed E-state index contributed by atoms with van der Waals surface area (Å²) >= 11 is 2.44. The van der Waals surface area contributed by atoms with E-state index in [2.05, 4.69) is 36.1 Å². The second-order valence-electron chi connectivity index (χ2n) is 10.8. The third-order valence-corrected chi connectivity index (χ3v) is 10.9. The number of anilines is 1. The number of aromatic nitrogens is 5. The van der Waals surface area contributed by atoms with Crippen molar-refractivity contribution in [3.05, 3.63) is 46.7 Å². The highest BCUT2D eigenvalue weighted by molar-refractivity contribution is 8.00. The number of fused-ring (bicyclic) bond motifs is 1. The predicted molar refractivity (Wildman–Crippen MR) is 170 cm³/mol. The Bertz CT molecular complexity index is 1940. The Hall–Kier alpha value is -5.37. The Kier molecular flexibility index (Phi) is 11.3. The van der Waals surface area contributed by atoms with Gasteiger partial charge in [0.05, 0.1) is 6.54 Å². The van der Waals surface area contributed by atoms with E-state index in [-0.39, 0.29) is 35.5 Å². The molecule has 0 saturated carbocycles. The highest BCUT2D eigenvalue weighted by atomic mass is 32.2. The van der Waals surface area contributed by atoms with Gasteiger partial charge in [0.2, 0.25) is 11.1 Å². The van der Waals surface area contributed by atoms with Gasteiger partial charge in [0.1, 0.15) is 34.9 Å². The fourth-order valence-electron chi connectivity index (χ4n) is 4.57. The predicted octanol–water partition coefficient (Wildman–Crippen LogP) is 0.868. The molecule has 2 aliphatic heterocycles. The van der Waals surface area contributed by atoms with Crippen LogP contribution in [0.25, 0.3) is 0 Å². The number of β-lactam (4-membered cyclic amide) rings is 1. The van der Waals surface area contributed by atoms with Crippen molar-refractivity contribution in [3.63, 3.8) is 0 Å². The molecule has 3 atom stereocenters. The van der Waals surface area contributed by atoms with E-state index in [0.717, 1.165) is 45.7 Å². The second kappa shape index (κ2) is 15.5. The van der Waals surface area contributed by atoms with Crippen LogP contribution >= 0.6 is 34.9 Å². The van der Waals surface area contributed by atoms with Crippen LogP contribution in [0.2, 0.25) is 0 Å². The number of rotatable bonds is 14. The molecule has 26 heteroatoms. The van der Waals surface area contributed by atoms with E-state index < -0.39 is 81.6 Å². The van der Waals surface area contributed by atoms with Crippen molar-refractivity contribution in [1.29, 1.82) is 0 Å². The molecule has 4 heterocycles. The molecule has 5 rings (SSSR count). The quantitative estimate of drug-likeness (QED) is 0.0379. The minimum absolute atomic E-state index is 0.00635. The third kappa shape index (κ3) is 8.39. The largest absolute Gasteiger partial charge is 0.481 e. The van der Waals surface area contributed by atoms with Gasteiger partial charge in [-0.3, -0.25) is 24.5 Å². The minimum Gasteiger partial charge on any atom is -0.481 e. The molecule has 276 valence electrons. The highest BCUT2D eigenvalue weighted by Crippen LogP contribution is 2.44. The van der Waals surface area contributed by atoms with Crippen LogP contribution in [0, 0.1) is 11.2 Å². The van der Waals surface area contributed by atoms with Gasteiger partial charge in [-0.25, -0.2) is 18.9 Å². The van der Waals surface area contributed by atoms with E-state index in [1.807, 2.05) is 0 Å². The van der Waals surface area contributed by atoms with E-state index in [1.54, 1.807) is 5.32 Å². The van der Waals surface area contributed by atoms with Gasteiger partial charge >= 0.3 is 24.0 Å². The molecule has 2 saturated heterocycles. The number of carbonyl (C=O) groups is 5. The topological polar surface area (TPSA) is 264 Å². The van der Waals surface area contributed by atoms with Crippen molar-refractivity contribution in [2.24, 2.45) is 15.7 Å². The van der Waals surface area contributed by atoms with Crippen LogP contribution in [0.1, 0.15) is 11.3 Å². The molecule has 1 aromatic carbocycles. The lowest BCUT2D eigenvalue weighted by Crippen LogP contribution is -2.74. The number of hydrogen-bond donors (Lipinski definition) is 5. The fourth-order valence-corrected chi connectivity index (χ4v) is 7.99. The number of thioether (sulfide) groups is 2. The first-order valence-electron chi connectivity index (χ1n) is 14.2. The number of aliphatic carboxylic acids is 2. The van der Waals surface area contributed by atoms with Crippen molar-refractivity contribution >= 4 is 81.1 Å². The number of thiazole rings is 1. The van der Waals surface area contributed by atoms with Crippen LogP contribution in [0.5, 0.6) is 0 Å². The number of hydrogen-bond acceptors (Lipinski definition) is 16. The molecule has 3 aromatic rings. The molecule has 5 N–H and O–H groups in total. The summed E-state index contributed by atoms with van der Waals surface area (Å²) < 4.78 is 52.5. The average Bonchev–Trinajstić information content (AvgIpc) is 3.76. The normalized spacial score (nSPS) is 20.5. The van der Waals surface area contributed by atoms with Crippen LogP contribution in [0.3, 0.4) is 0 Å². The molecular formula is C26H22F4N10O9S3. The van der Waals surface area contributed by atoms with Crippen molar-refractivity contribution in [3.8, 4) is 0 Å². The smallest absolute Gasteiger partial charge is 0.471 e.